The molecule has 0 saturated carbocycles. The van der Waals surface area contributed by atoms with Crippen LogP contribution in [0.1, 0.15) is 11.1 Å². The highest BCUT2D eigenvalue weighted by atomic mass is 32.2. The normalized spacial score (nSPS) is 12.0. The molecule has 2 rings (SSSR count). The second-order valence-corrected chi connectivity index (χ2v) is 5.97. The van der Waals surface area contributed by atoms with Crippen LogP contribution in [0.3, 0.4) is 0 Å². The van der Waals surface area contributed by atoms with Gasteiger partial charge >= 0.3 is 0 Å². The number of rotatable bonds is 3. The van der Waals surface area contributed by atoms with E-state index in [0.29, 0.717) is 5.56 Å². The van der Waals surface area contributed by atoms with Crippen LogP contribution in [0.25, 0.3) is 0 Å². The fraction of sp³-hybridized carbons (Fsp3) is 0.0833. The van der Waals surface area contributed by atoms with Gasteiger partial charge in [-0.2, -0.15) is 5.26 Å². The summed E-state index contributed by atoms with van der Waals surface area (Å²) in [7, 11) is -1.23. The molecular weight excluding hydrogens is 257 g/mol. The highest BCUT2D eigenvalue weighted by Gasteiger charge is 2.10. The lowest BCUT2D eigenvalue weighted by atomic mass is 10.1. The third kappa shape index (κ3) is 2.78. The lowest BCUT2D eigenvalue weighted by Crippen LogP contribution is -1.97. The molecule has 17 heavy (non-hydrogen) atoms. The molecule has 86 valence electrons. The van der Waals surface area contributed by atoms with Crippen LogP contribution in [0, 0.1) is 17.1 Å². The van der Waals surface area contributed by atoms with Crippen LogP contribution in [0.5, 0.6) is 0 Å². The first-order valence-corrected chi connectivity index (χ1v) is 7.01. The van der Waals surface area contributed by atoms with Crippen LogP contribution in [-0.4, -0.2) is 4.21 Å². The van der Waals surface area contributed by atoms with E-state index in [-0.39, 0.29) is 11.3 Å². The Morgan fingerprint density at radius 1 is 1.41 bits per heavy atom. The highest BCUT2D eigenvalue weighted by molar-refractivity contribution is 7.86. The monoisotopic (exact) mass is 265 g/mol. The van der Waals surface area contributed by atoms with E-state index in [0.717, 1.165) is 4.21 Å². The van der Waals surface area contributed by atoms with Crippen molar-refractivity contribution in [2.45, 2.75) is 9.96 Å². The van der Waals surface area contributed by atoms with Crippen molar-refractivity contribution in [3.8, 4) is 6.07 Å². The Kier molecular flexibility index (Phi) is 3.67. The van der Waals surface area contributed by atoms with Crippen molar-refractivity contribution in [3.05, 3.63) is 52.7 Å². The predicted octanol–water partition coefficient (Wildman–Crippen LogP) is 3.07. The summed E-state index contributed by atoms with van der Waals surface area (Å²) in [5, 5.41) is 10.4. The first-order chi connectivity index (χ1) is 8.20. The van der Waals surface area contributed by atoms with Gasteiger partial charge in [0.2, 0.25) is 0 Å². The average molecular weight is 265 g/mol. The molecule has 2 nitrogen and oxygen atoms in total. The second-order valence-electron chi connectivity index (χ2n) is 3.34. The van der Waals surface area contributed by atoms with Crippen molar-refractivity contribution in [3.63, 3.8) is 0 Å². The van der Waals surface area contributed by atoms with E-state index < -0.39 is 16.6 Å². The number of nitrogens with zero attached hydrogens (tertiary/aromatic N) is 1. The Hall–Kier alpha value is -1.51. The van der Waals surface area contributed by atoms with Crippen molar-refractivity contribution in [2.24, 2.45) is 0 Å². The van der Waals surface area contributed by atoms with E-state index in [1.165, 1.54) is 29.5 Å². The molecule has 0 aliphatic carbocycles. The molecule has 0 aliphatic rings. The standard InChI is InChI=1S/C12H8FNOS2/c13-11-6-9(7-14)3-4-10(11)8-17(15)12-2-1-5-16-12/h1-6H,8H2. The summed E-state index contributed by atoms with van der Waals surface area (Å²) >= 11 is 1.39. The minimum atomic E-state index is -1.23. The zero-order valence-electron chi connectivity index (χ0n) is 8.72. The van der Waals surface area contributed by atoms with Gasteiger partial charge in [0.15, 0.2) is 0 Å². The Balaban J connectivity index is 2.20. The summed E-state index contributed by atoms with van der Waals surface area (Å²) in [5.41, 5.74) is 0.642. The van der Waals surface area contributed by atoms with Gasteiger partial charge in [0.1, 0.15) is 5.82 Å². The molecular formula is C12H8FNOS2. The van der Waals surface area contributed by atoms with Gasteiger partial charge in [-0.1, -0.05) is 12.1 Å². The molecule has 2 aromatic rings. The van der Waals surface area contributed by atoms with Gasteiger partial charge < -0.3 is 0 Å². The first-order valence-electron chi connectivity index (χ1n) is 4.81. The molecule has 0 spiro atoms. The van der Waals surface area contributed by atoms with Crippen molar-refractivity contribution in [2.75, 3.05) is 0 Å². The second kappa shape index (κ2) is 5.21. The number of hydrogen-bond donors (Lipinski definition) is 0. The zero-order valence-corrected chi connectivity index (χ0v) is 10.4. The van der Waals surface area contributed by atoms with Crippen molar-refractivity contribution in [1.82, 2.24) is 0 Å². The van der Waals surface area contributed by atoms with Gasteiger partial charge in [0, 0.05) is 5.56 Å². The minimum Gasteiger partial charge on any atom is -0.253 e. The molecule has 1 heterocycles. The molecule has 0 amide bonds. The van der Waals surface area contributed by atoms with Gasteiger partial charge in [-0.25, -0.2) is 4.39 Å². The van der Waals surface area contributed by atoms with E-state index in [1.54, 1.807) is 6.07 Å². The van der Waals surface area contributed by atoms with Crippen molar-refractivity contribution >= 4 is 22.1 Å². The summed E-state index contributed by atoms with van der Waals surface area (Å²) in [6, 6.07) is 9.65. The minimum absolute atomic E-state index is 0.137. The van der Waals surface area contributed by atoms with Gasteiger partial charge in [0.05, 0.1) is 32.4 Å². The third-order valence-electron chi connectivity index (χ3n) is 2.19. The molecule has 1 atom stereocenters. The molecule has 0 saturated heterocycles. The van der Waals surface area contributed by atoms with Gasteiger partial charge in [-0.15, -0.1) is 11.3 Å². The van der Waals surface area contributed by atoms with Gasteiger partial charge in [-0.3, -0.25) is 4.21 Å². The van der Waals surface area contributed by atoms with E-state index in [9.17, 15) is 8.60 Å². The fourth-order valence-corrected chi connectivity index (χ4v) is 3.45. The maximum Gasteiger partial charge on any atom is 0.128 e. The third-order valence-corrected chi connectivity index (χ3v) is 4.85. The number of nitriles is 1. The number of hydrogen-bond acceptors (Lipinski definition) is 3. The largest absolute Gasteiger partial charge is 0.253 e. The number of thiophene rings is 1. The van der Waals surface area contributed by atoms with Crippen LogP contribution in [0.4, 0.5) is 4.39 Å². The summed E-state index contributed by atoms with van der Waals surface area (Å²) in [6.07, 6.45) is 0. The molecule has 0 aliphatic heterocycles. The van der Waals surface area contributed by atoms with Crippen LogP contribution < -0.4 is 0 Å². The summed E-state index contributed by atoms with van der Waals surface area (Å²) < 4.78 is 26.2. The molecule has 0 N–H and O–H groups in total. The van der Waals surface area contributed by atoms with Crippen LogP contribution in [-0.2, 0) is 16.6 Å². The predicted molar refractivity (Wildman–Crippen MR) is 65.5 cm³/mol. The molecule has 1 unspecified atom stereocenters. The summed E-state index contributed by atoms with van der Waals surface area (Å²) in [5.74, 6) is -0.341. The summed E-state index contributed by atoms with van der Waals surface area (Å²) in [4.78, 5) is 0. The van der Waals surface area contributed by atoms with Crippen molar-refractivity contribution in [1.29, 1.82) is 5.26 Å². The number of halogens is 1. The molecule has 5 heteroatoms. The highest BCUT2D eigenvalue weighted by Crippen LogP contribution is 2.19. The topological polar surface area (TPSA) is 40.9 Å². The fourth-order valence-electron chi connectivity index (χ4n) is 1.34. The van der Waals surface area contributed by atoms with E-state index >= 15 is 0 Å². The Morgan fingerprint density at radius 2 is 2.24 bits per heavy atom. The van der Waals surface area contributed by atoms with Gasteiger partial charge in [-0.05, 0) is 23.6 Å². The average Bonchev–Trinajstić information content (AvgIpc) is 2.85. The maximum absolute atomic E-state index is 13.6. The quantitative estimate of drug-likeness (QED) is 0.855. The van der Waals surface area contributed by atoms with E-state index in [4.69, 9.17) is 5.26 Å². The van der Waals surface area contributed by atoms with Crippen LogP contribution >= 0.6 is 11.3 Å². The number of benzene rings is 1. The lowest BCUT2D eigenvalue weighted by molar-refractivity contribution is 0.615. The van der Waals surface area contributed by atoms with Crippen LogP contribution in [0.2, 0.25) is 0 Å². The van der Waals surface area contributed by atoms with E-state index in [1.807, 2.05) is 17.5 Å². The summed E-state index contributed by atoms with van der Waals surface area (Å²) in [6.45, 7) is 0. The van der Waals surface area contributed by atoms with Gasteiger partial charge in [0.25, 0.3) is 0 Å². The smallest absolute Gasteiger partial charge is 0.128 e. The Labute approximate surface area is 105 Å². The SMILES string of the molecule is N#Cc1ccc(CS(=O)c2cccs2)c(F)c1. The zero-order chi connectivity index (χ0) is 12.3. The molecule has 0 bridgehead atoms. The molecule has 1 aromatic heterocycles. The van der Waals surface area contributed by atoms with Crippen molar-refractivity contribution < 1.29 is 8.60 Å². The molecule has 0 radical (unpaired) electrons. The molecule has 0 fully saturated rings. The first kappa shape index (κ1) is 12.0. The molecule has 1 aromatic carbocycles. The lowest BCUT2D eigenvalue weighted by Gasteiger charge is -2.02. The van der Waals surface area contributed by atoms with Crippen LogP contribution in [0.15, 0.2) is 39.9 Å². The van der Waals surface area contributed by atoms with E-state index in [2.05, 4.69) is 0 Å². The Morgan fingerprint density at radius 3 is 2.82 bits per heavy atom. The maximum atomic E-state index is 13.6. The Bertz CT molecular complexity index is 587.